The van der Waals surface area contributed by atoms with Crippen LogP contribution in [0, 0.1) is 29.1 Å². The molecule has 174 valence electrons. The van der Waals surface area contributed by atoms with Crippen LogP contribution in [0.5, 0.6) is 0 Å². The van der Waals surface area contributed by atoms with Crippen LogP contribution in [0.25, 0.3) is 10.9 Å². The maximum Gasteiger partial charge on any atom is 0.224 e. The zero-order chi connectivity index (χ0) is 23.5. The molecule has 6 nitrogen and oxygen atoms in total. The Morgan fingerprint density at radius 1 is 1.18 bits per heavy atom. The van der Waals surface area contributed by atoms with E-state index in [9.17, 15) is 19.6 Å². The third-order valence-corrected chi connectivity index (χ3v) is 7.58. The fraction of sp³-hybridized carbons (Fsp3) is 0.520. The topological polar surface area (TPSA) is 103 Å². The van der Waals surface area contributed by atoms with Gasteiger partial charge >= 0.3 is 0 Å². The summed E-state index contributed by atoms with van der Waals surface area (Å²) in [4.78, 5) is 41.3. The molecule has 3 atom stereocenters. The van der Waals surface area contributed by atoms with Crippen LogP contribution < -0.4 is 5.32 Å². The third kappa shape index (κ3) is 5.77. The van der Waals surface area contributed by atoms with Crippen molar-refractivity contribution >= 4 is 51.6 Å². The molecule has 2 saturated carbocycles. The molecule has 4 rings (SSSR count). The first kappa shape index (κ1) is 23.8. The normalized spacial score (nSPS) is 20.3. The number of fused-ring (bicyclic) bond motifs is 1. The highest BCUT2D eigenvalue weighted by atomic mass is 35.5. The van der Waals surface area contributed by atoms with Gasteiger partial charge in [-0.1, -0.05) is 48.5 Å². The number of H-pyrrole nitrogens is 1. The Hall–Kier alpha value is -2.36. The van der Waals surface area contributed by atoms with Gasteiger partial charge in [0.2, 0.25) is 5.91 Å². The number of carbonyl (C=O) groups excluding carboxylic acids is 3. The van der Waals surface area contributed by atoms with Gasteiger partial charge in [0.05, 0.1) is 27.3 Å². The maximum absolute atomic E-state index is 13.1. The maximum atomic E-state index is 13.1. The largest absolute Gasteiger partial charge is 0.351 e. The monoisotopic (exact) mass is 487 g/mol. The Labute approximate surface area is 203 Å². The molecule has 1 amide bonds. The lowest BCUT2D eigenvalue weighted by atomic mass is 9.83. The van der Waals surface area contributed by atoms with Gasteiger partial charge in [0.15, 0.2) is 5.78 Å². The van der Waals surface area contributed by atoms with Gasteiger partial charge in [0.25, 0.3) is 0 Å². The van der Waals surface area contributed by atoms with Crippen molar-refractivity contribution in [3.05, 3.63) is 33.9 Å². The van der Waals surface area contributed by atoms with Crippen LogP contribution in [0.1, 0.15) is 68.3 Å². The predicted molar refractivity (Wildman–Crippen MR) is 127 cm³/mol. The average molecular weight is 488 g/mol. The Balaban J connectivity index is 1.44. The Kier molecular flexibility index (Phi) is 7.41. The van der Waals surface area contributed by atoms with Crippen molar-refractivity contribution in [3.63, 3.8) is 0 Å². The molecule has 33 heavy (non-hydrogen) atoms. The smallest absolute Gasteiger partial charge is 0.224 e. The van der Waals surface area contributed by atoms with E-state index in [1.807, 2.05) is 0 Å². The second-order valence-electron chi connectivity index (χ2n) is 9.35. The number of carbonyl (C=O) groups is 3. The summed E-state index contributed by atoms with van der Waals surface area (Å²) in [5.74, 6) is -0.552. The van der Waals surface area contributed by atoms with Gasteiger partial charge in [-0.3, -0.25) is 14.4 Å². The van der Waals surface area contributed by atoms with Crippen molar-refractivity contribution in [2.45, 2.75) is 63.8 Å². The molecule has 0 radical (unpaired) electrons. The molecule has 8 heteroatoms. The zero-order valence-corrected chi connectivity index (χ0v) is 19.8. The Bertz CT molecular complexity index is 1120. The van der Waals surface area contributed by atoms with Crippen molar-refractivity contribution < 1.29 is 14.4 Å². The highest BCUT2D eigenvalue weighted by molar-refractivity contribution is 6.45. The van der Waals surface area contributed by atoms with Crippen LogP contribution in [0.3, 0.4) is 0 Å². The lowest BCUT2D eigenvalue weighted by molar-refractivity contribution is -0.127. The number of aromatic amines is 1. The lowest BCUT2D eigenvalue weighted by Crippen LogP contribution is -2.41. The van der Waals surface area contributed by atoms with Gasteiger partial charge in [-0.15, -0.1) is 0 Å². The molecule has 0 saturated heterocycles. The number of amides is 1. The van der Waals surface area contributed by atoms with Crippen molar-refractivity contribution in [1.29, 1.82) is 5.26 Å². The SMILES string of the molecule is N#C[C@H](C[C@@H]1CCCCC1=O)NC(=O)[C@@H](CC(=O)c1cc2ccc(Cl)c(Cl)c2[nH]1)CC1CC1. The first-order chi connectivity index (χ1) is 15.9. The summed E-state index contributed by atoms with van der Waals surface area (Å²) in [6.07, 6.45) is 6.29. The first-order valence-electron chi connectivity index (χ1n) is 11.6. The molecule has 1 heterocycles. The van der Waals surface area contributed by atoms with Gasteiger partial charge in [-0.2, -0.15) is 5.26 Å². The number of hydrogen-bond donors (Lipinski definition) is 2. The average Bonchev–Trinajstić information content (AvgIpc) is 3.51. The molecule has 0 spiro atoms. The fourth-order valence-corrected chi connectivity index (χ4v) is 5.06. The predicted octanol–water partition coefficient (Wildman–Crippen LogP) is 5.62. The number of benzene rings is 1. The minimum Gasteiger partial charge on any atom is -0.351 e. The summed E-state index contributed by atoms with van der Waals surface area (Å²) in [5.41, 5.74) is 0.977. The van der Waals surface area contributed by atoms with Crippen LogP contribution in [-0.2, 0) is 9.59 Å². The molecular formula is C25H27Cl2N3O3. The van der Waals surface area contributed by atoms with Gasteiger partial charge in [-0.25, -0.2) is 0 Å². The van der Waals surface area contributed by atoms with Gasteiger partial charge < -0.3 is 10.3 Å². The van der Waals surface area contributed by atoms with Gasteiger partial charge in [0, 0.05) is 30.1 Å². The van der Waals surface area contributed by atoms with E-state index < -0.39 is 12.0 Å². The van der Waals surface area contributed by atoms with Crippen LogP contribution in [0.2, 0.25) is 10.0 Å². The lowest BCUT2D eigenvalue weighted by Gasteiger charge is -2.24. The molecule has 2 aliphatic rings. The molecule has 0 bridgehead atoms. The molecule has 2 aromatic rings. The molecule has 2 N–H and O–H groups in total. The number of nitrogens with one attached hydrogen (secondary N) is 2. The zero-order valence-electron chi connectivity index (χ0n) is 18.3. The number of ketones is 2. The molecule has 2 fully saturated rings. The minimum absolute atomic E-state index is 0.0427. The van der Waals surface area contributed by atoms with E-state index in [4.69, 9.17) is 23.2 Å². The number of Topliss-reactive ketones (excluding diaryl/α,β-unsaturated/α-hetero) is 2. The number of aromatic nitrogens is 1. The Morgan fingerprint density at radius 2 is 1.97 bits per heavy atom. The van der Waals surface area contributed by atoms with E-state index >= 15 is 0 Å². The van der Waals surface area contributed by atoms with E-state index in [2.05, 4.69) is 16.4 Å². The highest BCUT2D eigenvalue weighted by Crippen LogP contribution is 2.37. The number of hydrogen-bond acceptors (Lipinski definition) is 4. The summed E-state index contributed by atoms with van der Waals surface area (Å²) in [6.45, 7) is 0. The molecule has 0 unspecified atom stereocenters. The van der Waals surface area contributed by atoms with Crippen LogP contribution in [-0.4, -0.2) is 28.5 Å². The summed E-state index contributed by atoms with van der Waals surface area (Å²) in [5, 5.41) is 13.9. The van der Waals surface area contributed by atoms with Gasteiger partial charge in [-0.05, 0) is 43.7 Å². The standard InChI is InChI=1S/C25H27Cl2N3O3/c26-19-8-7-16-11-20(30-24(16)23(19)27)22(32)12-17(9-14-5-6-14)25(33)29-18(13-28)10-15-3-1-2-4-21(15)31/h7-8,11,14-15,17-18,30H,1-6,9-10,12H2,(H,29,33)/t15-,17+,18-/m0/s1. The van der Waals surface area contributed by atoms with E-state index in [0.29, 0.717) is 46.4 Å². The molecular weight excluding hydrogens is 461 g/mol. The highest BCUT2D eigenvalue weighted by Gasteiger charge is 2.33. The van der Waals surface area contributed by atoms with Crippen LogP contribution in [0.4, 0.5) is 0 Å². The fourth-order valence-electron chi connectivity index (χ4n) is 4.68. The number of nitrogens with zero attached hydrogens (tertiary/aromatic N) is 1. The number of rotatable bonds is 9. The second-order valence-corrected chi connectivity index (χ2v) is 10.1. The van der Waals surface area contributed by atoms with Crippen molar-refractivity contribution in [1.82, 2.24) is 10.3 Å². The minimum atomic E-state index is -0.727. The first-order valence-corrected chi connectivity index (χ1v) is 12.3. The van der Waals surface area contributed by atoms with E-state index in [0.717, 1.165) is 37.5 Å². The summed E-state index contributed by atoms with van der Waals surface area (Å²) in [7, 11) is 0. The van der Waals surface area contributed by atoms with Crippen molar-refractivity contribution in [2.24, 2.45) is 17.8 Å². The van der Waals surface area contributed by atoms with E-state index in [-0.39, 0.29) is 29.8 Å². The quantitative estimate of drug-likeness (QED) is 0.447. The summed E-state index contributed by atoms with van der Waals surface area (Å²) in [6, 6.07) is 6.60. The Morgan fingerprint density at radius 3 is 2.67 bits per heavy atom. The van der Waals surface area contributed by atoms with Crippen molar-refractivity contribution in [2.75, 3.05) is 0 Å². The molecule has 2 aliphatic carbocycles. The third-order valence-electron chi connectivity index (χ3n) is 6.78. The number of nitriles is 1. The summed E-state index contributed by atoms with van der Waals surface area (Å²) >= 11 is 12.3. The summed E-state index contributed by atoms with van der Waals surface area (Å²) < 4.78 is 0. The van der Waals surface area contributed by atoms with E-state index in [1.54, 1.807) is 18.2 Å². The number of halogens is 2. The molecule has 1 aromatic carbocycles. The van der Waals surface area contributed by atoms with Gasteiger partial charge in [0.1, 0.15) is 11.8 Å². The second kappa shape index (κ2) is 10.3. The van der Waals surface area contributed by atoms with Crippen molar-refractivity contribution in [3.8, 4) is 6.07 Å². The molecule has 1 aromatic heterocycles. The van der Waals surface area contributed by atoms with Crippen LogP contribution >= 0.6 is 23.2 Å². The van der Waals surface area contributed by atoms with Crippen LogP contribution in [0.15, 0.2) is 18.2 Å². The van der Waals surface area contributed by atoms with E-state index in [1.165, 1.54) is 0 Å². The molecule has 0 aliphatic heterocycles.